The zero-order valence-corrected chi connectivity index (χ0v) is 16.3. The molecule has 1 aliphatic rings. The molecule has 0 bridgehead atoms. The van der Waals surface area contributed by atoms with Crippen LogP contribution < -0.4 is 16.4 Å². The van der Waals surface area contributed by atoms with Gasteiger partial charge in [-0.3, -0.25) is 9.59 Å². The lowest BCUT2D eigenvalue weighted by Gasteiger charge is -2.21. The zero-order valence-electron chi connectivity index (χ0n) is 15.5. The minimum atomic E-state index is -0.603. The molecule has 26 heavy (non-hydrogen) atoms. The third kappa shape index (κ3) is 6.97. The maximum Gasteiger partial charge on any atom is 0.243 e. The molecule has 0 aliphatic carbocycles. The van der Waals surface area contributed by atoms with Gasteiger partial charge in [0, 0.05) is 29.9 Å². The van der Waals surface area contributed by atoms with Crippen molar-refractivity contribution in [1.82, 2.24) is 5.32 Å². The van der Waals surface area contributed by atoms with Gasteiger partial charge in [0.2, 0.25) is 11.8 Å². The lowest BCUT2D eigenvalue weighted by Crippen LogP contribution is -2.46. The van der Waals surface area contributed by atoms with Crippen molar-refractivity contribution in [3.8, 4) is 0 Å². The van der Waals surface area contributed by atoms with Crippen LogP contribution >= 0.6 is 11.8 Å². The normalized spacial score (nSPS) is 16.3. The Balaban J connectivity index is 1.78. The molecule has 0 spiro atoms. The smallest absolute Gasteiger partial charge is 0.243 e. The summed E-state index contributed by atoms with van der Waals surface area (Å²) in [7, 11) is 0. The van der Waals surface area contributed by atoms with Crippen LogP contribution in [0.5, 0.6) is 0 Å². The van der Waals surface area contributed by atoms with Crippen LogP contribution in [0.2, 0.25) is 0 Å². The van der Waals surface area contributed by atoms with Gasteiger partial charge in [0.25, 0.3) is 0 Å². The molecule has 0 aromatic heterocycles. The number of ether oxygens (including phenoxy) is 1. The van der Waals surface area contributed by atoms with Crippen molar-refractivity contribution < 1.29 is 14.3 Å². The number of benzene rings is 1. The number of amides is 2. The van der Waals surface area contributed by atoms with E-state index in [0.29, 0.717) is 5.25 Å². The number of hydrogen-bond donors (Lipinski definition) is 3. The minimum absolute atomic E-state index is 0.0305. The highest BCUT2D eigenvalue weighted by Crippen LogP contribution is 2.26. The summed E-state index contributed by atoms with van der Waals surface area (Å²) < 4.78 is 5.38. The molecule has 1 heterocycles. The monoisotopic (exact) mass is 379 g/mol. The van der Waals surface area contributed by atoms with Crippen LogP contribution in [0.3, 0.4) is 0 Å². The highest BCUT2D eigenvalue weighted by Gasteiger charge is 2.18. The predicted molar refractivity (Wildman–Crippen MR) is 106 cm³/mol. The van der Waals surface area contributed by atoms with Gasteiger partial charge in [-0.1, -0.05) is 26.0 Å². The molecule has 0 radical (unpaired) electrons. The number of carbonyl (C=O) groups is 2. The van der Waals surface area contributed by atoms with Crippen molar-refractivity contribution in [2.45, 2.75) is 43.7 Å². The number of nitrogens with two attached hydrogens (primary N) is 1. The van der Waals surface area contributed by atoms with Gasteiger partial charge in [-0.15, -0.1) is 0 Å². The molecule has 1 aromatic carbocycles. The average Bonchev–Trinajstić information content (AvgIpc) is 2.65. The van der Waals surface area contributed by atoms with E-state index in [1.165, 1.54) is 5.56 Å². The van der Waals surface area contributed by atoms with Gasteiger partial charge in [0.15, 0.2) is 0 Å². The Morgan fingerprint density at radius 2 is 2.04 bits per heavy atom. The molecular weight excluding hydrogens is 350 g/mol. The molecule has 144 valence electrons. The Labute approximate surface area is 159 Å². The first-order chi connectivity index (χ1) is 12.5. The van der Waals surface area contributed by atoms with Crippen LogP contribution in [0.4, 0.5) is 5.69 Å². The van der Waals surface area contributed by atoms with Gasteiger partial charge in [-0.2, -0.15) is 11.8 Å². The molecule has 2 rings (SSSR count). The molecule has 6 nitrogen and oxygen atoms in total. The van der Waals surface area contributed by atoms with Gasteiger partial charge in [0.1, 0.15) is 0 Å². The molecule has 1 aliphatic heterocycles. The van der Waals surface area contributed by atoms with Crippen molar-refractivity contribution in [2.24, 2.45) is 11.7 Å². The quantitative estimate of drug-likeness (QED) is 0.643. The SMILES string of the molecule is CC(C)[C@H](N)C(=O)NCC(=O)Nc1cccc(CSC2CCOCC2)c1. The van der Waals surface area contributed by atoms with E-state index in [2.05, 4.69) is 16.7 Å². The minimum Gasteiger partial charge on any atom is -0.381 e. The van der Waals surface area contributed by atoms with Crippen LogP contribution in [0.15, 0.2) is 24.3 Å². The molecule has 2 amide bonds. The van der Waals surface area contributed by atoms with Gasteiger partial charge in [0.05, 0.1) is 12.6 Å². The summed E-state index contributed by atoms with van der Waals surface area (Å²) in [6.45, 7) is 5.35. The number of anilines is 1. The number of hydrogen-bond acceptors (Lipinski definition) is 5. The van der Waals surface area contributed by atoms with E-state index in [4.69, 9.17) is 10.5 Å². The Morgan fingerprint density at radius 3 is 2.73 bits per heavy atom. The van der Waals surface area contributed by atoms with E-state index >= 15 is 0 Å². The van der Waals surface area contributed by atoms with Crippen LogP contribution in [0.1, 0.15) is 32.3 Å². The van der Waals surface area contributed by atoms with Crippen molar-refractivity contribution in [3.63, 3.8) is 0 Å². The highest BCUT2D eigenvalue weighted by atomic mass is 32.2. The molecular formula is C19H29N3O3S. The highest BCUT2D eigenvalue weighted by molar-refractivity contribution is 7.99. The maximum atomic E-state index is 12.0. The Hall–Kier alpha value is -1.57. The Bertz CT molecular complexity index is 603. The second-order valence-electron chi connectivity index (χ2n) is 6.86. The predicted octanol–water partition coefficient (Wildman–Crippen LogP) is 2.14. The van der Waals surface area contributed by atoms with Gasteiger partial charge in [-0.05, 0) is 36.5 Å². The van der Waals surface area contributed by atoms with E-state index in [9.17, 15) is 9.59 Å². The fraction of sp³-hybridized carbons (Fsp3) is 0.579. The number of rotatable bonds is 8. The van der Waals surface area contributed by atoms with Crippen molar-refractivity contribution in [1.29, 1.82) is 0 Å². The summed E-state index contributed by atoms with van der Waals surface area (Å²) in [6.07, 6.45) is 2.19. The van der Waals surface area contributed by atoms with Gasteiger partial charge in [-0.25, -0.2) is 0 Å². The first-order valence-corrected chi connectivity index (χ1v) is 10.1. The summed E-state index contributed by atoms with van der Waals surface area (Å²) in [5, 5.41) is 6.04. The van der Waals surface area contributed by atoms with Crippen LogP contribution in [0, 0.1) is 5.92 Å². The van der Waals surface area contributed by atoms with Crippen LogP contribution in [0.25, 0.3) is 0 Å². The van der Waals surface area contributed by atoms with E-state index in [1.807, 2.05) is 43.8 Å². The van der Waals surface area contributed by atoms with Crippen molar-refractivity contribution in [2.75, 3.05) is 25.1 Å². The molecule has 0 unspecified atom stereocenters. The molecule has 1 saturated heterocycles. The molecule has 1 aromatic rings. The topological polar surface area (TPSA) is 93.5 Å². The number of carbonyl (C=O) groups excluding carboxylic acids is 2. The standard InChI is InChI=1S/C19H29N3O3S/c1-13(2)18(20)19(24)21-11-17(23)22-15-5-3-4-14(10-15)12-26-16-6-8-25-9-7-16/h3-5,10,13,16,18H,6-9,11-12,20H2,1-2H3,(H,21,24)(H,22,23)/t18-/m0/s1. The number of thioether (sulfide) groups is 1. The molecule has 7 heteroatoms. The Morgan fingerprint density at radius 1 is 1.31 bits per heavy atom. The van der Waals surface area contributed by atoms with E-state index in [0.717, 1.165) is 37.5 Å². The largest absolute Gasteiger partial charge is 0.381 e. The molecule has 0 saturated carbocycles. The maximum absolute atomic E-state index is 12.0. The molecule has 1 atom stereocenters. The first-order valence-electron chi connectivity index (χ1n) is 9.07. The van der Waals surface area contributed by atoms with Crippen LogP contribution in [-0.2, 0) is 20.1 Å². The summed E-state index contributed by atoms with van der Waals surface area (Å²) in [5.74, 6) is 0.372. The second kappa shape index (κ2) is 10.5. The van der Waals surface area contributed by atoms with E-state index in [1.54, 1.807) is 0 Å². The summed E-state index contributed by atoms with van der Waals surface area (Å²) in [4.78, 5) is 23.8. The second-order valence-corrected chi connectivity index (χ2v) is 8.15. The fourth-order valence-electron chi connectivity index (χ4n) is 2.59. The lowest BCUT2D eigenvalue weighted by molar-refractivity contribution is -0.125. The first kappa shape index (κ1) is 20.7. The average molecular weight is 380 g/mol. The van der Waals surface area contributed by atoms with Crippen molar-refractivity contribution in [3.05, 3.63) is 29.8 Å². The van der Waals surface area contributed by atoms with Crippen molar-refractivity contribution >= 4 is 29.3 Å². The summed E-state index contributed by atoms with van der Waals surface area (Å²) in [5.41, 5.74) is 7.67. The number of nitrogens with one attached hydrogen (secondary N) is 2. The molecule has 1 fully saturated rings. The van der Waals surface area contributed by atoms with Crippen LogP contribution in [-0.4, -0.2) is 42.9 Å². The van der Waals surface area contributed by atoms with Gasteiger partial charge < -0.3 is 21.1 Å². The Kier molecular flexibility index (Phi) is 8.41. The zero-order chi connectivity index (χ0) is 18.9. The lowest BCUT2D eigenvalue weighted by atomic mass is 10.1. The summed E-state index contributed by atoms with van der Waals surface area (Å²) in [6, 6.07) is 7.22. The van der Waals surface area contributed by atoms with Gasteiger partial charge >= 0.3 is 0 Å². The molecule has 4 N–H and O–H groups in total. The fourth-order valence-corrected chi connectivity index (χ4v) is 3.72. The van der Waals surface area contributed by atoms with E-state index in [-0.39, 0.29) is 24.3 Å². The third-order valence-corrected chi connectivity index (χ3v) is 5.75. The summed E-state index contributed by atoms with van der Waals surface area (Å²) >= 11 is 1.93. The van der Waals surface area contributed by atoms with E-state index < -0.39 is 6.04 Å². The third-order valence-electron chi connectivity index (χ3n) is 4.31.